The van der Waals surface area contributed by atoms with Gasteiger partial charge in [-0.3, -0.25) is 14.7 Å². The molecule has 0 aromatic rings. The molecule has 0 aromatic heterocycles. The Kier molecular flexibility index (Phi) is 6.35. The topological polar surface area (TPSA) is 60.0 Å². The molecule has 2 aliphatic heterocycles. The van der Waals surface area contributed by atoms with Crippen molar-refractivity contribution in [1.82, 2.24) is 20.4 Å². The maximum atomic E-state index is 12.3. The molecular weight excluding hydrogens is 302 g/mol. The quantitative estimate of drug-likeness (QED) is 0.598. The van der Waals surface area contributed by atoms with Crippen molar-refractivity contribution in [2.24, 2.45) is 4.99 Å². The summed E-state index contributed by atoms with van der Waals surface area (Å²) in [5, 5.41) is 6.71. The molecule has 6 heteroatoms. The van der Waals surface area contributed by atoms with Gasteiger partial charge in [-0.1, -0.05) is 12.8 Å². The summed E-state index contributed by atoms with van der Waals surface area (Å²) in [5.74, 6) is 0.954. The van der Waals surface area contributed by atoms with E-state index in [4.69, 9.17) is 0 Å². The molecule has 0 spiro atoms. The number of amides is 1. The molecule has 1 unspecified atom stereocenters. The van der Waals surface area contributed by atoms with Gasteiger partial charge in [-0.25, -0.2) is 0 Å². The van der Waals surface area contributed by atoms with Crippen molar-refractivity contribution in [3.8, 4) is 0 Å². The molecule has 6 nitrogen and oxygen atoms in total. The summed E-state index contributed by atoms with van der Waals surface area (Å²) in [6.45, 7) is 4.45. The number of nitrogens with one attached hydrogen (secondary N) is 2. The number of carbonyl (C=O) groups is 1. The third-order valence-corrected chi connectivity index (χ3v) is 5.74. The van der Waals surface area contributed by atoms with Crippen LogP contribution in [0.2, 0.25) is 0 Å². The van der Waals surface area contributed by atoms with E-state index in [1.54, 1.807) is 7.05 Å². The van der Waals surface area contributed by atoms with Gasteiger partial charge in [-0.15, -0.1) is 0 Å². The average molecular weight is 335 g/mol. The molecule has 2 saturated heterocycles. The zero-order valence-corrected chi connectivity index (χ0v) is 15.1. The Balaban J connectivity index is 1.39. The first-order valence-electron chi connectivity index (χ1n) is 9.75. The molecule has 3 rings (SSSR count). The maximum absolute atomic E-state index is 12.3. The standard InChI is InChI=1S/C18H33N5O/c1-19-18(20-13-17(24)22-10-5-2-6-11-22)21-15-9-12-23(14-15)16-7-3-4-8-16/h15-16H,2-14H2,1H3,(H2,19,20,21). The van der Waals surface area contributed by atoms with Crippen molar-refractivity contribution in [2.45, 2.75) is 63.5 Å². The van der Waals surface area contributed by atoms with Gasteiger partial charge in [0.2, 0.25) is 5.91 Å². The maximum Gasteiger partial charge on any atom is 0.241 e. The van der Waals surface area contributed by atoms with Crippen molar-refractivity contribution >= 4 is 11.9 Å². The van der Waals surface area contributed by atoms with Gasteiger partial charge in [0.1, 0.15) is 0 Å². The largest absolute Gasteiger partial charge is 0.352 e. The Hall–Kier alpha value is -1.30. The number of nitrogens with zero attached hydrogens (tertiary/aromatic N) is 3. The second-order valence-corrected chi connectivity index (χ2v) is 7.43. The molecule has 0 radical (unpaired) electrons. The van der Waals surface area contributed by atoms with Crippen LogP contribution in [0.3, 0.4) is 0 Å². The van der Waals surface area contributed by atoms with Crippen LogP contribution in [0.5, 0.6) is 0 Å². The first kappa shape index (κ1) is 17.5. The van der Waals surface area contributed by atoms with E-state index in [2.05, 4.69) is 20.5 Å². The normalized spacial score (nSPS) is 26.8. The van der Waals surface area contributed by atoms with Gasteiger partial charge >= 0.3 is 0 Å². The lowest BCUT2D eigenvalue weighted by molar-refractivity contribution is -0.130. The molecule has 2 N–H and O–H groups in total. The fourth-order valence-electron chi connectivity index (χ4n) is 4.31. The number of piperidine rings is 1. The molecule has 24 heavy (non-hydrogen) atoms. The molecule has 3 aliphatic rings. The van der Waals surface area contributed by atoms with Gasteiger partial charge in [-0.2, -0.15) is 0 Å². The first-order chi connectivity index (χ1) is 11.8. The van der Waals surface area contributed by atoms with E-state index in [0.717, 1.165) is 50.9 Å². The summed E-state index contributed by atoms with van der Waals surface area (Å²) in [4.78, 5) is 21.2. The lowest BCUT2D eigenvalue weighted by Gasteiger charge is -2.27. The highest BCUT2D eigenvalue weighted by Crippen LogP contribution is 2.26. The smallest absolute Gasteiger partial charge is 0.241 e. The minimum atomic E-state index is 0.191. The second-order valence-electron chi connectivity index (χ2n) is 7.43. The van der Waals surface area contributed by atoms with Crippen LogP contribution in [0, 0.1) is 0 Å². The Morgan fingerprint density at radius 3 is 2.50 bits per heavy atom. The fraction of sp³-hybridized carbons (Fsp3) is 0.889. The van der Waals surface area contributed by atoms with E-state index in [9.17, 15) is 4.79 Å². The van der Waals surface area contributed by atoms with Gasteiger partial charge in [-0.05, 0) is 38.5 Å². The average Bonchev–Trinajstić information content (AvgIpc) is 3.30. The van der Waals surface area contributed by atoms with Crippen molar-refractivity contribution in [3.05, 3.63) is 0 Å². The third-order valence-electron chi connectivity index (χ3n) is 5.74. The van der Waals surface area contributed by atoms with Crippen LogP contribution in [0.25, 0.3) is 0 Å². The van der Waals surface area contributed by atoms with E-state index < -0.39 is 0 Å². The Bertz CT molecular complexity index is 441. The molecule has 1 aliphatic carbocycles. The minimum Gasteiger partial charge on any atom is -0.352 e. The number of guanidine groups is 1. The number of hydrogen-bond acceptors (Lipinski definition) is 3. The summed E-state index contributed by atoms with van der Waals surface area (Å²) in [5.41, 5.74) is 0. The monoisotopic (exact) mass is 335 g/mol. The molecule has 136 valence electrons. The van der Waals surface area contributed by atoms with E-state index in [1.165, 1.54) is 38.6 Å². The molecule has 0 aromatic carbocycles. The van der Waals surface area contributed by atoms with Gasteiger partial charge in [0.05, 0.1) is 6.54 Å². The first-order valence-corrected chi connectivity index (χ1v) is 9.75. The lowest BCUT2D eigenvalue weighted by atomic mass is 10.1. The highest BCUT2D eigenvalue weighted by atomic mass is 16.2. The van der Waals surface area contributed by atoms with Crippen molar-refractivity contribution in [1.29, 1.82) is 0 Å². The summed E-state index contributed by atoms with van der Waals surface area (Å²) in [6, 6.07) is 1.24. The Morgan fingerprint density at radius 1 is 1.04 bits per heavy atom. The SMILES string of the molecule is CN=C(NCC(=O)N1CCCCC1)NC1CCN(C2CCCC2)C1. The van der Waals surface area contributed by atoms with Crippen LogP contribution in [0.4, 0.5) is 0 Å². The summed E-state index contributed by atoms with van der Waals surface area (Å²) >= 11 is 0. The molecule has 1 atom stereocenters. The number of aliphatic imine (C=N–C) groups is 1. The van der Waals surface area contributed by atoms with Crippen LogP contribution in [0.15, 0.2) is 4.99 Å². The number of carbonyl (C=O) groups excluding carboxylic acids is 1. The van der Waals surface area contributed by atoms with Crippen molar-refractivity contribution < 1.29 is 4.79 Å². The predicted molar refractivity (Wildman–Crippen MR) is 97.2 cm³/mol. The van der Waals surface area contributed by atoms with E-state index >= 15 is 0 Å². The van der Waals surface area contributed by atoms with Crippen LogP contribution in [-0.4, -0.2) is 73.5 Å². The van der Waals surface area contributed by atoms with Gasteiger partial charge in [0.25, 0.3) is 0 Å². The van der Waals surface area contributed by atoms with Gasteiger partial charge in [0, 0.05) is 45.3 Å². The van der Waals surface area contributed by atoms with E-state index in [-0.39, 0.29) is 5.91 Å². The molecule has 1 amide bonds. The van der Waals surface area contributed by atoms with E-state index in [1.807, 2.05) is 4.90 Å². The zero-order chi connectivity index (χ0) is 16.8. The fourth-order valence-corrected chi connectivity index (χ4v) is 4.31. The Morgan fingerprint density at radius 2 is 1.79 bits per heavy atom. The Labute approximate surface area is 146 Å². The zero-order valence-electron chi connectivity index (χ0n) is 15.1. The summed E-state index contributed by atoms with van der Waals surface area (Å²) in [7, 11) is 1.78. The third kappa shape index (κ3) is 4.62. The molecule has 3 fully saturated rings. The second kappa shape index (κ2) is 8.70. The van der Waals surface area contributed by atoms with Crippen molar-refractivity contribution in [3.63, 3.8) is 0 Å². The highest BCUT2D eigenvalue weighted by Gasteiger charge is 2.30. The van der Waals surface area contributed by atoms with Crippen LogP contribution in [0.1, 0.15) is 51.4 Å². The highest BCUT2D eigenvalue weighted by molar-refractivity contribution is 5.86. The lowest BCUT2D eigenvalue weighted by Crippen LogP contribution is -2.49. The molecule has 0 bridgehead atoms. The predicted octanol–water partition coefficient (Wildman–Crippen LogP) is 1.18. The molecule has 1 saturated carbocycles. The number of hydrogen-bond donors (Lipinski definition) is 2. The van der Waals surface area contributed by atoms with E-state index in [0.29, 0.717) is 12.6 Å². The number of likely N-dealkylation sites (tertiary alicyclic amines) is 2. The van der Waals surface area contributed by atoms with Gasteiger partial charge < -0.3 is 15.5 Å². The number of rotatable bonds is 4. The minimum absolute atomic E-state index is 0.191. The van der Waals surface area contributed by atoms with Crippen LogP contribution >= 0.6 is 0 Å². The van der Waals surface area contributed by atoms with Crippen LogP contribution in [-0.2, 0) is 4.79 Å². The van der Waals surface area contributed by atoms with Crippen molar-refractivity contribution in [2.75, 3.05) is 39.8 Å². The van der Waals surface area contributed by atoms with Gasteiger partial charge in [0.15, 0.2) is 5.96 Å². The van der Waals surface area contributed by atoms with Crippen LogP contribution < -0.4 is 10.6 Å². The molecule has 2 heterocycles. The summed E-state index contributed by atoms with van der Waals surface area (Å²) in [6.07, 6.45) is 10.2. The summed E-state index contributed by atoms with van der Waals surface area (Å²) < 4.78 is 0. The molecular formula is C18H33N5O.